The Hall–Kier alpha value is -1.10. The molecule has 5 nitrogen and oxygen atoms in total. The number of rotatable bonds is 8. The van der Waals surface area contributed by atoms with E-state index in [1.807, 2.05) is 27.9 Å². The summed E-state index contributed by atoms with van der Waals surface area (Å²) in [4.78, 5) is 25.6. The van der Waals surface area contributed by atoms with Gasteiger partial charge in [0.1, 0.15) is 0 Å². The number of nitrogens with one attached hydrogen (secondary N) is 1. The SMILES string of the molecule is CCC(CC)C(CNC(=O)[C@H]1[C@@H](C(=O)O)C1(C)C)N(C)C. The van der Waals surface area contributed by atoms with E-state index in [1.54, 1.807) is 0 Å². The van der Waals surface area contributed by atoms with Gasteiger partial charge < -0.3 is 15.3 Å². The van der Waals surface area contributed by atoms with E-state index in [4.69, 9.17) is 5.11 Å². The lowest BCUT2D eigenvalue weighted by Gasteiger charge is -2.31. The van der Waals surface area contributed by atoms with Gasteiger partial charge in [-0.05, 0) is 25.4 Å². The van der Waals surface area contributed by atoms with E-state index in [1.165, 1.54) is 0 Å². The zero-order valence-electron chi connectivity index (χ0n) is 14.1. The number of aliphatic carboxylic acids is 1. The highest BCUT2D eigenvalue weighted by molar-refractivity contribution is 5.91. The second kappa shape index (κ2) is 6.77. The van der Waals surface area contributed by atoms with Crippen LogP contribution in [0, 0.1) is 23.2 Å². The Balaban J connectivity index is 2.61. The molecular formula is C16H30N2O3. The molecule has 0 saturated heterocycles. The van der Waals surface area contributed by atoms with Crippen LogP contribution in [-0.4, -0.2) is 48.6 Å². The first-order valence-corrected chi connectivity index (χ1v) is 7.85. The Morgan fingerprint density at radius 2 is 1.71 bits per heavy atom. The van der Waals surface area contributed by atoms with Gasteiger partial charge in [-0.1, -0.05) is 40.5 Å². The van der Waals surface area contributed by atoms with Crippen molar-refractivity contribution >= 4 is 11.9 Å². The summed E-state index contributed by atoms with van der Waals surface area (Å²) in [5.74, 6) is -1.42. The van der Waals surface area contributed by atoms with Crippen LogP contribution in [0.5, 0.6) is 0 Å². The summed E-state index contributed by atoms with van der Waals surface area (Å²) in [5, 5.41) is 12.1. The Labute approximate surface area is 128 Å². The van der Waals surface area contributed by atoms with Crippen LogP contribution in [-0.2, 0) is 9.59 Å². The fourth-order valence-corrected chi connectivity index (χ4v) is 3.51. The zero-order valence-corrected chi connectivity index (χ0v) is 14.1. The molecule has 1 aliphatic rings. The van der Waals surface area contributed by atoms with Crippen molar-refractivity contribution in [2.24, 2.45) is 23.2 Å². The molecular weight excluding hydrogens is 268 g/mol. The number of amides is 1. The third-order valence-electron chi connectivity index (χ3n) is 5.12. The van der Waals surface area contributed by atoms with E-state index in [2.05, 4.69) is 24.1 Å². The maximum atomic E-state index is 12.3. The Bertz CT molecular complexity index is 389. The topological polar surface area (TPSA) is 69.6 Å². The van der Waals surface area contributed by atoms with Gasteiger partial charge in [-0.15, -0.1) is 0 Å². The van der Waals surface area contributed by atoms with Crippen LogP contribution in [0.15, 0.2) is 0 Å². The van der Waals surface area contributed by atoms with Gasteiger partial charge >= 0.3 is 5.97 Å². The lowest BCUT2D eigenvalue weighted by Crippen LogP contribution is -2.45. The van der Waals surface area contributed by atoms with Gasteiger partial charge in [0.15, 0.2) is 0 Å². The Morgan fingerprint density at radius 1 is 1.19 bits per heavy atom. The minimum atomic E-state index is -0.871. The van der Waals surface area contributed by atoms with Gasteiger partial charge in [0.2, 0.25) is 5.91 Å². The number of hydrogen-bond donors (Lipinski definition) is 2. The standard InChI is InChI=1S/C16H30N2O3/c1-7-10(8-2)11(18(5)6)9-17-14(19)12-13(15(20)21)16(12,3)4/h10-13H,7-9H2,1-6H3,(H,17,19)(H,20,21)/t11?,12-,13+/m1/s1. The highest BCUT2D eigenvalue weighted by atomic mass is 16.4. The molecule has 122 valence electrons. The monoisotopic (exact) mass is 298 g/mol. The Morgan fingerprint density at radius 3 is 2.05 bits per heavy atom. The number of carboxylic acid groups (broad SMARTS) is 1. The summed E-state index contributed by atoms with van der Waals surface area (Å²) in [6.07, 6.45) is 2.14. The predicted molar refractivity (Wildman–Crippen MR) is 83.0 cm³/mol. The predicted octanol–water partition coefficient (Wildman–Crippen LogP) is 1.83. The first-order valence-electron chi connectivity index (χ1n) is 7.85. The van der Waals surface area contributed by atoms with Crippen molar-refractivity contribution in [2.45, 2.75) is 46.6 Å². The quantitative estimate of drug-likeness (QED) is 0.717. The van der Waals surface area contributed by atoms with E-state index in [0.717, 1.165) is 12.8 Å². The molecule has 2 N–H and O–H groups in total. The normalized spacial score (nSPS) is 25.0. The van der Waals surface area contributed by atoms with Crippen molar-refractivity contribution in [2.75, 3.05) is 20.6 Å². The number of carbonyl (C=O) groups is 2. The van der Waals surface area contributed by atoms with Crippen molar-refractivity contribution in [3.05, 3.63) is 0 Å². The molecule has 5 heteroatoms. The van der Waals surface area contributed by atoms with Crippen LogP contribution in [0.3, 0.4) is 0 Å². The number of carboxylic acids is 1. The van der Waals surface area contributed by atoms with E-state index in [9.17, 15) is 9.59 Å². The van der Waals surface area contributed by atoms with Gasteiger partial charge in [0.25, 0.3) is 0 Å². The third kappa shape index (κ3) is 3.76. The smallest absolute Gasteiger partial charge is 0.307 e. The molecule has 21 heavy (non-hydrogen) atoms. The molecule has 1 unspecified atom stereocenters. The third-order valence-corrected chi connectivity index (χ3v) is 5.12. The molecule has 0 radical (unpaired) electrons. The highest BCUT2D eigenvalue weighted by Crippen LogP contribution is 2.58. The maximum absolute atomic E-state index is 12.3. The fraction of sp³-hybridized carbons (Fsp3) is 0.875. The maximum Gasteiger partial charge on any atom is 0.307 e. The molecule has 1 aliphatic carbocycles. The number of carbonyl (C=O) groups excluding carboxylic acids is 1. The molecule has 0 spiro atoms. The molecule has 0 aromatic rings. The van der Waals surface area contributed by atoms with Crippen molar-refractivity contribution < 1.29 is 14.7 Å². The summed E-state index contributed by atoms with van der Waals surface area (Å²) in [7, 11) is 4.05. The fourth-order valence-electron chi connectivity index (χ4n) is 3.51. The summed E-state index contributed by atoms with van der Waals surface area (Å²) >= 11 is 0. The van der Waals surface area contributed by atoms with Gasteiger partial charge in [-0.3, -0.25) is 9.59 Å². The molecule has 1 fully saturated rings. The van der Waals surface area contributed by atoms with Gasteiger partial charge in [-0.2, -0.15) is 0 Å². The molecule has 1 rings (SSSR count). The van der Waals surface area contributed by atoms with Crippen molar-refractivity contribution in [3.8, 4) is 0 Å². The van der Waals surface area contributed by atoms with Gasteiger partial charge in [0, 0.05) is 12.6 Å². The van der Waals surface area contributed by atoms with Crippen molar-refractivity contribution in [1.82, 2.24) is 10.2 Å². The summed E-state index contributed by atoms with van der Waals surface area (Å²) in [6, 6.07) is 0.286. The lowest BCUT2D eigenvalue weighted by atomic mass is 9.93. The van der Waals surface area contributed by atoms with Crippen LogP contribution in [0.25, 0.3) is 0 Å². The molecule has 1 amide bonds. The zero-order chi connectivity index (χ0) is 16.4. The second-order valence-corrected chi connectivity index (χ2v) is 6.97. The lowest BCUT2D eigenvalue weighted by molar-refractivity contribution is -0.140. The largest absolute Gasteiger partial charge is 0.481 e. The van der Waals surface area contributed by atoms with Crippen LogP contribution in [0.4, 0.5) is 0 Å². The molecule has 3 atom stereocenters. The van der Waals surface area contributed by atoms with Crippen molar-refractivity contribution in [3.63, 3.8) is 0 Å². The van der Waals surface area contributed by atoms with E-state index >= 15 is 0 Å². The molecule has 0 aliphatic heterocycles. The summed E-state index contributed by atoms with van der Waals surface area (Å²) in [5.41, 5.74) is -0.432. The van der Waals surface area contributed by atoms with Crippen LogP contribution in [0.2, 0.25) is 0 Å². The summed E-state index contributed by atoms with van der Waals surface area (Å²) in [6.45, 7) is 8.60. The minimum Gasteiger partial charge on any atom is -0.481 e. The highest BCUT2D eigenvalue weighted by Gasteiger charge is 2.65. The number of hydrogen-bond acceptors (Lipinski definition) is 3. The van der Waals surface area contributed by atoms with Gasteiger partial charge in [-0.25, -0.2) is 0 Å². The van der Waals surface area contributed by atoms with Crippen molar-refractivity contribution in [1.29, 1.82) is 0 Å². The molecule has 0 heterocycles. The van der Waals surface area contributed by atoms with E-state index < -0.39 is 23.2 Å². The second-order valence-electron chi connectivity index (χ2n) is 6.97. The molecule has 0 aromatic heterocycles. The Kier molecular flexibility index (Phi) is 5.79. The van der Waals surface area contributed by atoms with Crippen LogP contribution in [0.1, 0.15) is 40.5 Å². The van der Waals surface area contributed by atoms with Gasteiger partial charge in [0.05, 0.1) is 11.8 Å². The first-order chi connectivity index (χ1) is 9.68. The van der Waals surface area contributed by atoms with E-state index in [-0.39, 0.29) is 11.9 Å². The first kappa shape index (κ1) is 18.0. The summed E-state index contributed by atoms with van der Waals surface area (Å²) < 4.78 is 0. The number of likely N-dealkylation sites (N-methyl/N-ethyl adjacent to an activating group) is 1. The molecule has 0 bridgehead atoms. The molecule has 0 aromatic carbocycles. The minimum absolute atomic E-state index is 0.120. The van der Waals surface area contributed by atoms with Crippen LogP contribution >= 0.6 is 0 Å². The average Bonchev–Trinajstić information content (AvgIpc) is 2.97. The molecule has 1 saturated carbocycles. The van der Waals surface area contributed by atoms with E-state index in [0.29, 0.717) is 12.5 Å². The average molecular weight is 298 g/mol. The van der Waals surface area contributed by atoms with Crippen LogP contribution < -0.4 is 5.32 Å². The number of nitrogens with zero attached hydrogens (tertiary/aromatic N) is 1.